The van der Waals surface area contributed by atoms with E-state index in [-0.39, 0.29) is 25.7 Å². The van der Waals surface area contributed by atoms with Gasteiger partial charge in [-0.2, -0.15) is 0 Å². The summed E-state index contributed by atoms with van der Waals surface area (Å²) in [6, 6.07) is 0. The van der Waals surface area contributed by atoms with Crippen molar-refractivity contribution in [2.24, 2.45) is 5.92 Å². The fourth-order valence-corrected chi connectivity index (χ4v) is 11.5. The SMILES string of the molecule is CCCCCCCCCCCCCCCCCCCCC(=O)O[C@H](COC(=O)CCCCCCCCCC(C)C)COP(=O)(O)OC[C@@H](O)COP(=O)(O)OC[C@@H](COC(=O)CCCCCCCCCC)OC(=O)CCCCCCCCCCC. The molecule has 0 rings (SSSR count). The van der Waals surface area contributed by atoms with Crippen LogP contribution in [-0.4, -0.2) is 96.7 Å². The Balaban J connectivity index is 5.16. The number of phosphoric ester groups is 2. The Bertz CT molecular complexity index is 1650. The smallest absolute Gasteiger partial charge is 0.462 e. The van der Waals surface area contributed by atoms with E-state index in [1.807, 2.05) is 0 Å². The second kappa shape index (κ2) is 59.7. The van der Waals surface area contributed by atoms with Crippen molar-refractivity contribution in [2.75, 3.05) is 39.6 Å². The Labute approximate surface area is 517 Å². The lowest BCUT2D eigenvalue weighted by atomic mass is 10.0. The van der Waals surface area contributed by atoms with E-state index in [2.05, 4.69) is 34.6 Å². The van der Waals surface area contributed by atoms with E-state index in [4.69, 9.17) is 37.0 Å². The first kappa shape index (κ1) is 83.1. The first-order valence-corrected chi connectivity index (χ1v) is 37.6. The molecular weight excluding hydrogens is 1130 g/mol. The van der Waals surface area contributed by atoms with Crippen molar-refractivity contribution < 1.29 is 80.2 Å². The quantitative estimate of drug-likeness (QED) is 0.0222. The Morgan fingerprint density at radius 1 is 0.318 bits per heavy atom. The summed E-state index contributed by atoms with van der Waals surface area (Å²) in [5, 5.41) is 10.5. The van der Waals surface area contributed by atoms with Crippen molar-refractivity contribution in [3.05, 3.63) is 0 Å². The maximum atomic E-state index is 13.0. The standard InChI is InChI=1S/C66H128O17P2/c1-6-9-12-15-18-21-22-23-24-25-26-27-28-29-31-36-42-47-52-66(71)83-62(56-77-64(69)50-45-40-37-32-33-38-43-48-59(4)5)58-81-85(74,75)79-54-60(67)53-78-84(72,73)80-57-61(55-76-63(68)49-44-39-34-20-17-14-11-8-3)82-65(70)51-46-41-35-30-19-16-13-10-7-2/h59-62,67H,6-58H2,1-5H3,(H,72,73)(H,74,75)/t60-,61+,62+/m0/s1. The van der Waals surface area contributed by atoms with Crippen LogP contribution in [0.1, 0.15) is 336 Å². The third-order valence-electron chi connectivity index (χ3n) is 15.3. The van der Waals surface area contributed by atoms with Crippen LogP contribution in [-0.2, 0) is 65.4 Å². The predicted octanol–water partition coefficient (Wildman–Crippen LogP) is 18.6. The molecule has 0 aliphatic heterocycles. The molecule has 0 radical (unpaired) electrons. The number of hydrogen-bond acceptors (Lipinski definition) is 15. The van der Waals surface area contributed by atoms with Crippen LogP contribution in [0.5, 0.6) is 0 Å². The molecule has 17 nitrogen and oxygen atoms in total. The number of ether oxygens (including phenoxy) is 4. The fraction of sp³-hybridized carbons (Fsp3) is 0.939. The van der Waals surface area contributed by atoms with Crippen molar-refractivity contribution in [2.45, 2.75) is 355 Å². The van der Waals surface area contributed by atoms with E-state index in [9.17, 15) is 43.2 Å². The van der Waals surface area contributed by atoms with Gasteiger partial charge in [-0.15, -0.1) is 0 Å². The van der Waals surface area contributed by atoms with Gasteiger partial charge in [0.2, 0.25) is 0 Å². The molecule has 85 heavy (non-hydrogen) atoms. The van der Waals surface area contributed by atoms with Crippen molar-refractivity contribution in [1.29, 1.82) is 0 Å². The van der Waals surface area contributed by atoms with Crippen LogP contribution in [0.25, 0.3) is 0 Å². The van der Waals surface area contributed by atoms with E-state index >= 15 is 0 Å². The van der Waals surface area contributed by atoms with Crippen LogP contribution in [0.15, 0.2) is 0 Å². The van der Waals surface area contributed by atoms with Crippen molar-refractivity contribution >= 4 is 39.5 Å². The molecule has 0 aromatic carbocycles. The molecule has 0 saturated carbocycles. The molecule has 3 N–H and O–H groups in total. The van der Waals surface area contributed by atoms with Crippen LogP contribution >= 0.6 is 15.6 Å². The van der Waals surface area contributed by atoms with Crippen molar-refractivity contribution in [3.8, 4) is 0 Å². The highest BCUT2D eigenvalue weighted by atomic mass is 31.2. The Kier molecular flexibility index (Phi) is 58.3. The van der Waals surface area contributed by atoms with E-state index in [0.29, 0.717) is 31.6 Å². The Morgan fingerprint density at radius 3 is 0.800 bits per heavy atom. The van der Waals surface area contributed by atoms with Crippen LogP contribution in [0, 0.1) is 5.92 Å². The molecule has 0 aliphatic carbocycles. The molecule has 0 aliphatic rings. The maximum absolute atomic E-state index is 13.0. The van der Waals surface area contributed by atoms with Crippen molar-refractivity contribution in [1.82, 2.24) is 0 Å². The molecular formula is C66H128O17P2. The monoisotopic (exact) mass is 1250 g/mol. The van der Waals surface area contributed by atoms with E-state index < -0.39 is 97.5 Å². The minimum absolute atomic E-state index is 0.106. The lowest BCUT2D eigenvalue weighted by molar-refractivity contribution is -0.161. The number of carbonyl (C=O) groups excluding carboxylic acids is 4. The molecule has 0 bridgehead atoms. The average Bonchev–Trinajstić information content (AvgIpc) is 3.61. The number of unbranched alkanes of at least 4 members (excludes halogenated alkanes) is 38. The molecule has 0 spiro atoms. The summed E-state index contributed by atoms with van der Waals surface area (Å²) in [4.78, 5) is 72.2. The van der Waals surface area contributed by atoms with Gasteiger partial charge in [-0.25, -0.2) is 9.13 Å². The first-order valence-electron chi connectivity index (χ1n) is 34.6. The molecule has 0 saturated heterocycles. The molecule has 5 atom stereocenters. The van der Waals surface area contributed by atoms with Gasteiger partial charge >= 0.3 is 39.5 Å². The second-order valence-corrected chi connectivity index (χ2v) is 27.2. The minimum atomic E-state index is -4.95. The minimum Gasteiger partial charge on any atom is -0.462 e. The summed E-state index contributed by atoms with van der Waals surface area (Å²) in [7, 11) is -9.88. The van der Waals surface area contributed by atoms with Crippen LogP contribution in [0.4, 0.5) is 0 Å². The summed E-state index contributed by atoms with van der Waals surface area (Å²) in [5.41, 5.74) is 0. The molecule has 0 fully saturated rings. The van der Waals surface area contributed by atoms with Gasteiger partial charge in [0.05, 0.1) is 26.4 Å². The molecule has 2 unspecified atom stereocenters. The summed E-state index contributed by atoms with van der Waals surface area (Å²) < 4.78 is 68.0. The largest absolute Gasteiger partial charge is 0.472 e. The van der Waals surface area contributed by atoms with Gasteiger partial charge in [0.15, 0.2) is 12.2 Å². The first-order chi connectivity index (χ1) is 41.0. The molecule has 0 amide bonds. The zero-order valence-electron chi connectivity index (χ0n) is 54.7. The molecule has 504 valence electrons. The lowest BCUT2D eigenvalue weighted by Gasteiger charge is -2.21. The third-order valence-corrected chi connectivity index (χ3v) is 17.2. The van der Waals surface area contributed by atoms with Crippen molar-refractivity contribution in [3.63, 3.8) is 0 Å². The molecule has 19 heteroatoms. The number of esters is 4. The maximum Gasteiger partial charge on any atom is 0.472 e. The van der Waals surface area contributed by atoms with Gasteiger partial charge in [-0.05, 0) is 31.6 Å². The topological polar surface area (TPSA) is 237 Å². The highest BCUT2D eigenvalue weighted by molar-refractivity contribution is 7.47. The summed E-state index contributed by atoms with van der Waals surface area (Å²) in [6.45, 7) is 7.12. The summed E-state index contributed by atoms with van der Waals surface area (Å²) in [6.07, 6.45) is 44.6. The van der Waals surface area contributed by atoms with Gasteiger partial charge in [0.25, 0.3) is 0 Å². The Morgan fingerprint density at radius 2 is 0.541 bits per heavy atom. The van der Waals surface area contributed by atoms with Crippen LogP contribution in [0.2, 0.25) is 0 Å². The van der Waals surface area contributed by atoms with E-state index in [1.165, 1.54) is 148 Å². The van der Waals surface area contributed by atoms with Gasteiger partial charge in [-0.1, -0.05) is 285 Å². The highest BCUT2D eigenvalue weighted by Crippen LogP contribution is 2.45. The summed E-state index contributed by atoms with van der Waals surface area (Å²) >= 11 is 0. The molecule has 0 aromatic rings. The van der Waals surface area contributed by atoms with Gasteiger partial charge in [-0.3, -0.25) is 37.3 Å². The number of aliphatic hydroxyl groups excluding tert-OH is 1. The lowest BCUT2D eigenvalue weighted by Crippen LogP contribution is -2.30. The molecule has 0 heterocycles. The zero-order chi connectivity index (χ0) is 62.8. The molecule has 0 aromatic heterocycles. The van der Waals surface area contributed by atoms with Gasteiger partial charge in [0, 0.05) is 25.7 Å². The zero-order valence-corrected chi connectivity index (χ0v) is 56.5. The summed E-state index contributed by atoms with van der Waals surface area (Å²) in [5.74, 6) is -1.43. The van der Waals surface area contributed by atoms with Crippen LogP contribution in [0.3, 0.4) is 0 Å². The second-order valence-electron chi connectivity index (χ2n) is 24.3. The number of phosphoric acid groups is 2. The van der Waals surface area contributed by atoms with Gasteiger partial charge in [0.1, 0.15) is 19.3 Å². The fourth-order valence-electron chi connectivity index (χ4n) is 9.94. The number of hydrogen-bond donors (Lipinski definition) is 3. The predicted molar refractivity (Wildman–Crippen MR) is 340 cm³/mol. The van der Waals surface area contributed by atoms with Crippen LogP contribution < -0.4 is 0 Å². The normalized spacial score (nSPS) is 14.2. The number of carbonyl (C=O) groups is 4. The Hall–Kier alpha value is -1.94. The average molecular weight is 1260 g/mol. The third kappa shape index (κ3) is 60.7. The van der Waals surface area contributed by atoms with E-state index in [1.54, 1.807) is 0 Å². The highest BCUT2D eigenvalue weighted by Gasteiger charge is 2.30. The number of rotatable bonds is 66. The number of aliphatic hydroxyl groups is 1. The van der Waals surface area contributed by atoms with Gasteiger partial charge < -0.3 is 33.8 Å². The van der Waals surface area contributed by atoms with E-state index in [0.717, 1.165) is 103 Å².